The van der Waals surface area contributed by atoms with Crippen molar-refractivity contribution >= 4 is 29.4 Å². The zero-order valence-corrected chi connectivity index (χ0v) is 15.4. The van der Waals surface area contributed by atoms with Crippen LogP contribution in [-0.4, -0.2) is 23.4 Å². The summed E-state index contributed by atoms with van der Waals surface area (Å²) in [6, 6.07) is 3.82. The molecule has 1 saturated heterocycles. The maximum Gasteiger partial charge on any atom is 0.322 e. The normalized spacial score (nSPS) is 28.6. The van der Waals surface area contributed by atoms with Gasteiger partial charge in [0.25, 0.3) is 5.91 Å². The van der Waals surface area contributed by atoms with E-state index in [0.29, 0.717) is 0 Å². The zero-order valence-electron chi connectivity index (χ0n) is 14.7. The lowest BCUT2D eigenvalue weighted by molar-refractivity contribution is -0.137. The van der Waals surface area contributed by atoms with Crippen LogP contribution < -0.4 is 16.0 Å². The molecular weight excluding hydrogens is 373 g/mol. The van der Waals surface area contributed by atoms with Crippen LogP contribution in [0.5, 0.6) is 0 Å². The molecule has 27 heavy (non-hydrogen) atoms. The number of carbonyl (C=O) groups excluding carboxylic acids is 3. The minimum Gasteiger partial charge on any atom is -0.349 e. The number of urea groups is 1. The van der Waals surface area contributed by atoms with Gasteiger partial charge in [-0.25, -0.2) is 9.18 Å². The number of amides is 4. The van der Waals surface area contributed by atoms with Crippen molar-refractivity contribution in [2.75, 3.05) is 0 Å². The molecule has 1 spiro atoms. The monoisotopic (exact) mass is 393 g/mol. The van der Waals surface area contributed by atoms with E-state index in [1.54, 1.807) is 12.1 Å². The van der Waals surface area contributed by atoms with Gasteiger partial charge >= 0.3 is 6.03 Å². The molecule has 1 atom stereocenters. The van der Waals surface area contributed by atoms with E-state index in [4.69, 9.17) is 11.6 Å². The first-order valence-electron chi connectivity index (χ1n) is 9.27. The molecule has 4 amide bonds. The van der Waals surface area contributed by atoms with E-state index in [1.165, 1.54) is 6.07 Å². The van der Waals surface area contributed by atoms with Gasteiger partial charge in [0.15, 0.2) is 0 Å². The molecule has 0 aromatic heterocycles. The number of benzene rings is 1. The highest BCUT2D eigenvalue weighted by Crippen LogP contribution is 2.42. The first-order chi connectivity index (χ1) is 12.9. The molecule has 1 aromatic carbocycles. The van der Waals surface area contributed by atoms with Crippen molar-refractivity contribution in [2.24, 2.45) is 11.8 Å². The molecule has 1 aliphatic heterocycles. The molecule has 144 valence electrons. The molecule has 1 unspecified atom stereocenters. The quantitative estimate of drug-likeness (QED) is 0.687. The van der Waals surface area contributed by atoms with Crippen LogP contribution in [-0.2, 0) is 9.59 Å². The van der Waals surface area contributed by atoms with Crippen molar-refractivity contribution in [1.29, 1.82) is 0 Å². The molecule has 6 nitrogen and oxygen atoms in total. The summed E-state index contributed by atoms with van der Waals surface area (Å²) in [6.07, 6.45) is 4.77. The van der Waals surface area contributed by atoms with E-state index in [1.807, 2.05) is 0 Å². The Bertz CT molecular complexity index is 803. The van der Waals surface area contributed by atoms with Crippen LogP contribution in [0.4, 0.5) is 9.18 Å². The lowest BCUT2D eigenvalue weighted by atomic mass is 9.67. The second-order valence-corrected chi connectivity index (χ2v) is 8.21. The summed E-state index contributed by atoms with van der Waals surface area (Å²) < 4.78 is 13.5. The van der Waals surface area contributed by atoms with Gasteiger partial charge in [0, 0.05) is 5.92 Å². The molecule has 1 heterocycles. The van der Waals surface area contributed by atoms with E-state index in [-0.39, 0.29) is 47.6 Å². The Morgan fingerprint density at radius 1 is 1.26 bits per heavy atom. The van der Waals surface area contributed by atoms with Gasteiger partial charge < -0.3 is 10.6 Å². The molecule has 8 heteroatoms. The minimum atomic E-state index is -0.943. The van der Waals surface area contributed by atoms with Crippen LogP contribution in [0.25, 0.3) is 0 Å². The summed E-state index contributed by atoms with van der Waals surface area (Å²) in [7, 11) is 0. The third kappa shape index (κ3) is 3.29. The standard InChI is InChI=1S/C19H21ClFN3O3/c20-13-7-11(5-6-14(13)21)15(10-3-1-2-4-10)22-16(25)12-8-19(9-12)17(26)23-18(27)24-19/h5-7,10,12,15H,1-4,8-9H2,(H,22,25)(H2,23,24,26,27). The Hall–Kier alpha value is -2.15. The van der Waals surface area contributed by atoms with Crippen molar-refractivity contribution in [2.45, 2.75) is 50.1 Å². The Kier molecular flexibility index (Phi) is 4.58. The van der Waals surface area contributed by atoms with Gasteiger partial charge in [-0.3, -0.25) is 14.9 Å². The smallest absolute Gasteiger partial charge is 0.322 e. The summed E-state index contributed by atoms with van der Waals surface area (Å²) in [5, 5.41) is 7.97. The maximum atomic E-state index is 13.5. The number of halogens is 2. The van der Waals surface area contributed by atoms with E-state index in [9.17, 15) is 18.8 Å². The van der Waals surface area contributed by atoms with Crippen LogP contribution in [0, 0.1) is 17.7 Å². The van der Waals surface area contributed by atoms with E-state index in [2.05, 4.69) is 16.0 Å². The van der Waals surface area contributed by atoms with Gasteiger partial charge in [-0.15, -0.1) is 0 Å². The average Bonchev–Trinajstić information content (AvgIpc) is 3.21. The van der Waals surface area contributed by atoms with Gasteiger partial charge in [0.2, 0.25) is 5.91 Å². The van der Waals surface area contributed by atoms with Crippen molar-refractivity contribution < 1.29 is 18.8 Å². The largest absolute Gasteiger partial charge is 0.349 e. The van der Waals surface area contributed by atoms with Crippen molar-refractivity contribution in [3.05, 3.63) is 34.6 Å². The molecule has 0 radical (unpaired) electrons. The predicted molar refractivity (Wildman–Crippen MR) is 96.4 cm³/mol. The summed E-state index contributed by atoms with van der Waals surface area (Å²) in [6.45, 7) is 0. The fourth-order valence-corrected chi connectivity index (χ4v) is 4.71. The van der Waals surface area contributed by atoms with Crippen LogP contribution in [0.2, 0.25) is 5.02 Å². The Morgan fingerprint density at radius 3 is 2.56 bits per heavy atom. The molecule has 0 bridgehead atoms. The fraction of sp³-hybridized carbons (Fsp3) is 0.526. The van der Waals surface area contributed by atoms with Crippen molar-refractivity contribution in [1.82, 2.24) is 16.0 Å². The summed E-state index contributed by atoms with van der Waals surface area (Å²) in [5.74, 6) is -1.06. The number of nitrogens with one attached hydrogen (secondary N) is 3. The van der Waals surface area contributed by atoms with Crippen LogP contribution in [0.3, 0.4) is 0 Å². The number of hydrogen-bond acceptors (Lipinski definition) is 3. The molecule has 1 aromatic rings. The third-order valence-electron chi connectivity index (χ3n) is 6.05. The van der Waals surface area contributed by atoms with Gasteiger partial charge in [-0.05, 0) is 49.3 Å². The van der Waals surface area contributed by atoms with Gasteiger partial charge in [-0.1, -0.05) is 30.5 Å². The van der Waals surface area contributed by atoms with Crippen LogP contribution in [0.1, 0.15) is 50.1 Å². The second-order valence-electron chi connectivity index (χ2n) is 7.80. The second kappa shape index (κ2) is 6.78. The molecule has 2 aliphatic carbocycles. The first kappa shape index (κ1) is 18.2. The fourth-order valence-electron chi connectivity index (χ4n) is 4.52. The number of hydrogen-bond donors (Lipinski definition) is 3. The van der Waals surface area contributed by atoms with Gasteiger partial charge in [0.05, 0.1) is 11.1 Å². The molecule has 3 aliphatic rings. The molecular formula is C19H21ClFN3O3. The van der Waals surface area contributed by atoms with Crippen molar-refractivity contribution in [3.63, 3.8) is 0 Å². The summed E-state index contributed by atoms with van der Waals surface area (Å²) in [5.41, 5.74) is -0.149. The minimum absolute atomic E-state index is 0.0395. The number of rotatable bonds is 4. The van der Waals surface area contributed by atoms with Crippen molar-refractivity contribution in [3.8, 4) is 0 Å². The maximum absolute atomic E-state index is 13.5. The van der Waals surface area contributed by atoms with Crippen LogP contribution >= 0.6 is 11.6 Å². The summed E-state index contributed by atoms with van der Waals surface area (Å²) in [4.78, 5) is 36.0. The highest BCUT2D eigenvalue weighted by Gasteiger charge is 2.57. The molecule has 2 saturated carbocycles. The highest BCUT2D eigenvalue weighted by atomic mass is 35.5. The first-order valence-corrected chi connectivity index (χ1v) is 9.65. The molecule has 4 rings (SSSR count). The Balaban J connectivity index is 1.47. The molecule has 3 fully saturated rings. The lowest BCUT2D eigenvalue weighted by Gasteiger charge is -2.42. The topological polar surface area (TPSA) is 87.3 Å². The third-order valence-corrected chi connectivity index (χ3v) is 6.34. The Labute approximate surface area is 161 Å². The average molecular weight is 394 g/mol. The highest BCUT2D eigenvalue weighted by molar-refractivity contribution is 6.30. The van der Waals surface area contributed by atoms with Gasteiger partial charge in [0.1, 0.15) is 11.4 Å². The van der Waals surface area contributed by atoms with E-state index < -0.39 is 17.4 Å². The number of imide groups is 1. The summed E-state index contributed by atoms with van der Waals surface area (Å²) >= 11 is 5.94. The number of carbonyl (C=O) groups is 3. The van der Waals surface area contributed by atoms with Gasteiger partial charge in [-0.2, -0.15) is 0 Å². The van der Waals surface area contributed by atoms with E-state index >= 15 is 0 Å². The molecule has 3 N–H and O–H groups in total. The lowest BCUT2D eigenvalue weighted by Crippen LogP contribution is -2.60. The predicted octanol–water partition coefficient (Wildman–Crippen LogP) is 2.81. The van der Waals surface area contributed by atoms with E-state index in [0.717, 1.165) is 31.2 Å². The Morgan fingerprint density at radius 2 is 1.96 bits per heavy atom. The SMILES string of the molecule is O=C1NC(=O)C2(CC(C(=O)NC(c3ccc(F)c(Cl)c3)C3CCCC3)C2)N1. The van der Waals surface area contributed by atoms with Crippen LogP contribution in [0.15, 0.2) is 18.2 Å². The zero-order chi connectivity index (χ0) is 19.2.